The van der Waals surface area contributed by atoms with Crippen molar-refractivity contribution in [3.05, 3.63) is 58.6 Å². The zero-order valence-corrected chi connectivity index (χ0v) is 15.8. The number of anilines is 1. The van der Waals surface area contributed by atoms with Gasteiger partial charge in [0.2, 0.25) is 10.0 Å². The van der Waals surface area contributed by atoms with Crippen molar-refractivity contribution in [1.82, 2.24) is 9.29 Å². The summed E-state index contributed by atoms with van der Waals surface area (Å²) in [5.74, 6) is 0. The average molecular weight is 404 g/mol. The third kappa shape index (κ3) is 3.38. The maximum Gasteiger partial charge on any atom is 0.270 e. The summed E-state index contributed by atoms with van der Waals surface area (Å²) in [5, 5.41) is 11.8. The molecule has 0 unspecified atom stereocenters. The van der Waals surface area contributed by atoms with Crippen LogP contribution < -0.4 is 4.90 Å². The van der Waals surface area contributed by atoms with Gasteiger partial charge in [0.25, 0.3) is 5.69 Å². The van der Waals surface area contributed by atoms with Gasteiger partial charge >= 0.3 is 0 Å². The van der Waals surface area contributed by atoms with Crippen molar-refractivity contribution in [2.45, 2.75) is 4.90 Å². The Bertz CT molecular complexity index is 1070. The zero-order chi connectivity index (χ0) is 19.0. The molecule has 0 N–H and O–H groups in total. The Kier molecular flexibility index (Phi) is 4.54. The van der Waals surface area contributed by atoms with Crippen LogP contribution in [-0.2, 0) is 10.0 Å². The van der Waals surface area contributed by atoms with Crippen molar-refractivity contribution >= 4 is 42.4 Å². The molecule has 1 aromatic heterocycles. The van der Waals surface area contributed by atoms with Crippen molar-refractivity contribution in [1.29, 1.82) is 0 Å². The van der Waals surface area contributed by atoms with E-state index in [0.717, 1.165) is 21.4 Å². The molecule has 3 aromatic rings. The summed E-state index contributed by atoms with van der Waals surface area (Å²) in [6.45, 7) is 1.66. The number of nitro benzene ring substituents is 1. The van der Waals surface area contributed by atoms with Crippen molar-refractivity contribution < 1.29 is 13.3 Å². The van der Waals surface area contributed by atoms with E-state index >= 15 is 0 Å². The van der Waals surface area contributed by atoms with Crippen LogP contribution in [0.4, 0.5) is 10.8 Å². The van der Waals surface area contributed by atoms with Crippen LogP contribution in [-0.4, -0.2) is 48.8 Å². The van der Waals surface area contributed by atoms with Gasteiger partial charge in [-0.2, -0.15) is 4.31 Å². The Morgan fingerprint density at radius 1 is 1.04 bits per heavy atom. The lowest BCUT2D eigenvalue weighted by Gasteiger charge is -2.33. The molecule has 0 atom stereocenters. The first-order valence-electron chi connectivity index (χ1n) is 8.30. The molecule has 0 amide bonds. The second kappa shape index (κ2) is 6.87. The molecule has 0 spiro atoms. The maximum atomic E-state index is 12.8. The molecule has 0 bridgehead atoms. The number of fused-ring (bicyclic) bond motifs is 1. The molecule has 0 saturated carbocycles. The van der Waals surface area contributed by atoms with Crippen molar-refractivity contribution in [2.75, 3.05) is 31.1 Å². The third-order valence-corrected chi connectivity index (χ3v) is 7.45. The minimum absolute atomic E-state index is 0.0508. The molecular weight excluding hydrogens is 388 g/mol. The highest BCUT2D eigenvalue weighted by Crippen LogP contribution is 2.30. The van der Waals surface area contributed by atoms with E-state index in [9.17, 15) is 18.5 Å². The number of non-ortho nitro benzene ring substituents is 1. The molecule has 2 aromatic carbocycles. The molecule has 8 nitrogen and oxygen atoms in total. The molecule has 1 saturated heterocycles. The number of sulfonamides is 1. The highest BCUT2D eigenvalue weighted by atomic mass is 32.2. The van der Waals surface area contributed by atoms with Gasteiger partial charge in [0.05, 0.1) is 20.0 Å². The quantitative estimate of drug-likeness (QED) is 0.490. The van der Waals surface area contributed by atoms with Crippen LogP contribution in [0.15, 0.2) is 53.4 Å². The number of nitro groups is 1. The van der Waals surface area contributed by atoms with Gasteiger partial charge in [-0.05, 0) is 18.2 Å². The summed E-state index contributed by atoms with van der Waals surface area (Å²) in [6.07, 6.45) is 0. The fourth-order valence-electron chi connectivity index (χ4n) is 3.02. The lowest BCUT2D eigenvalue weighted by Crippen LogP contribution is -2.48. The second-order valence-corrected chi connectivity index (χ2v) is 9.06. The molecular formula is C17H16N4O4S2. The van der Waals surface area contributed by atoms with Gasteiger partial charge < -0.3 is 4.90 Å². The van der Waals surface area contributed by atoms with E-state index in [-0.39, 0.29) is 10.6 Å². The molecule has 0 radical (unpaired) electrons. The van der Waals surface area contributed by atoms with Crippen molar-refractivity contribution in [3.63, 3.8) is 0 Å². The topological polar surface area (TPSA) is 96.6 Å². The van der Waals surface area contributed by atoms with E-state index in [0.29, 0.717) is 26.2 Å². The van der Waals surface area contributed by atoms with Gasteiger partial charge in [0.15, 0.2) is 5.13 Å². The predicted octanol–water partition coefficient (Wildman–Crippen LogP) is 2.72. The molecule has 140 valence electrons. The van der Waals surface area contributed by atoms with E-state index < -0.39 is 14.9 Å². The maximum absolute atomic E-state index is 12.8. The molecule has 4 rings (SSSR count). The van der Waals surface area contributed by atoms with Crippen molar-refractivity contribution in [3.8, 4) is 0 Å². The lowest BCUT2D eigenvalue weighted by molar-refractivity contribution is -0.385. The Labute approximate surface area is 159 Å². The van der Waals surface area contributed by atoms with Crippen LogP contribution >= 0.6 is 11.3 Å². The summed E-state index contributed by atoms with van der Waals surface area (Å²) in [5.41, 5.74) is 0.702. The molecule has 1 aliphatic heterocycles. The number of aromatic nitrogens is 1. The number of para-hydroxylation sites is 1. The smallest absolute Gasteiger partial charge is 0.270 e. The minimum atomic E-state index is -3.76. The number of thiazole rings is 1. The van der Waals surface area contributed by atoms with E-state index in [1.807, 2.05) is 24.3 Å². The predicted molar refractivity (Wildman–Crippen MR) is 104 cm³/mol. The monoisotopic (exact) mass is 404 g/mol. The Morgan fingerprint density at radius 2 is 1.78 bits per heavy atom. The number of rotatable bonds is 4. The van der Waals surface area contributed by atoms with Crippen LogP contribution in [0, 0.1) is 10.1 Å². The highest BCUT2D eigenvalue weighted by Gasteiger charge is 2.30. The number of hydrogen-bond donors (Lipinski definition) is 0. The first kappa shape index (κ1) is 17.8. The average Bonchev–Trinajstić information content (AvgIpc) is 3.12. The van der Waals surface area contributed by atoms with Crippen LogP contribution in [0.5, 0.6) is 0 Å². The van der Waals surface area contributed by atoms with E-state index in [1.54, 1.807) is 11.3 Å². The van der Waals surface area contributed by atoms with Gasteiger partial charge in [-0.3, -0.25) is 10.1 Å². The van der Waals surface area contributed by atoms with Gasteiger partial charge in [0.1, 0.15) is 0 Å². The summed E-state index contributed by atoms with van der Waals surface area (Å²) >= 11 is 1.59. The summed E-state index contributed by atoms with van der Waals surface area (Å²) in [6, 6.07) is 13.0. The zero-order valence-electron chi connectivity index (χ0n) is 14.2. The van der Waals surface area contributed by atoms with Crippen LogP contribution in [0.1, 0.15) is 0 Å². The van der Waals surface area contributed by atoms with Crippen LogP contribution in [0.3, 0.4) is 0 Å². The molecule has 1 fully saturated rings. The summed E-state index contributed by atoms with van der Waals surface area (Å²) in [7, 11) is -3.76. The van der Waals surface area contributed by atoms with Gasteiger partial charge in [-0.15, -0.1) is 0 Å². The lowest BCUT2D eigenvalue weighted by atomic mass is 10.3. The molecule has 1 aliphatic rings. The largest absolute Gasteiger partial charge is 0.345 e. The SMILES string of the molecule is O=[N+]([O-])c1cccc(S(=O)(=O)N2CCN(c3nc4ccccc4s3)CC2)c1. The van der Waals surface area contributed by atoms with E-state index in [1.165, 1.54) is 22.5 Å². The number of hydrogen-bond acceptors (Lipinski definition) is 7. The van der Waals surface area contributed by atoms with Gasteiger partial charge in [-0.25, -0.2) is 13.4 Å². The van der Waals surface area contributed by atoms with Gasteiger partial charge in [-0.1, -0.05) is 29.5 Å². The Morgan fingerprint density at radius 3 is 2.48 bits per heavy atom. The van der Waals surface area contributed by atoms with Crippen LogP contribution in [0.25, 0.3) is 10.2 Å². The molecule has 10 heteroatoms. The van der Waals surface area contributed by atoms with Gasteiger partial charge in [0, 0.05) is 38.3 Å². The summed E-state index contributed by atoms with van der Waals surface area (Å²) < 4.78 is 28.1. The fraction of sp³-hybridized carbons (Fsp3) is 0.235. The normalized spacial score (nSPS) is 15.9. The third-order valence-electron chi connectivity index (χ3n) is 4.46. The van der Waals surface area contributed by atoms with E-state index in [2.05, 4.69) is 9.88 Å². The molecule has 0 aliphatic carbocycles. The Hall–Kier alpha value is -2.56. The first-order chi connectivity index (χ1) is 12.9. The fourth-order valence-corrected chi connectivity index (χ4v) is 5.50. The Balaban J connectivity index is 1.51. The molecule has 2 heterocycles. The van der Waals surface area contributed by atoms with E-state index in [4.69, 9.17) is 0 Å². The molecule has 27 heavy (non-hydrogen) atoms. The number of nitrogens with zero attached hydrogens (tertiary/aromatic N) is 4. The standard InChI is InChI=1S/C17H16N4O4S2/c22-21(23)13-4-3-5-14(12-13)27(24,25)20-10-8-19(9-11-20)17-18-15-6-1-2-7-16(15)26-17/h1-7,12H,8-11H2. The highest BCUT2D eigenvalue weighted by molar-refractivity contribution is 7.89. The number of piperazine rings is 1. The second-order valence-electron chi connectivity index (χ2n) is 6.11. The summed E-state index contributed by atoms with van der Waals surface area (Å²) in [4.78, 5) is 17.0. The first-order valence-corrected chi connectivity index (χ1v) is 10.6. The minimum Gasteiger partial charge on any atom is -0.345 e. The van der Waals surface area contributed by atoms with Crippen LogP contribution in [0.2, 0.25) is 0 Å². The van der Waals surface area contributed by atoms with Crippen molar-refractivity contribution in [2.24, 2.45) is 0 Å². The number of benzene rings is 2.